The number of nitrogens with two attached hydrogens (primary N) is 1. The summed E-state index contributed by atoms with van der Waals surface area (Å²) in [6.07, 6.45) is 0. The van der Waals surface area contributed by atoms with E-state index in [1.165, 1.54) is 12.1 Å². The molecule has 4 nitrogen and oxygen atoms in total. The Morgan fingerprint density at radius 1 is 1.26 bits per heavy atom. The lowest BCUT2D eigenvalue weighted by Gasteiger charge is -2.07. The normalized spacial score (nSPS) is 10.8. The van der Waals surface area contributed by atoms with Gasteiger partial charge in [-0.2, -0.15) is 4.98 Å². The van der Waals surface area contributed by atoms with E-state index < -0.39 is 0 Å². The summed E-state index contributed by atoms with van der Waals surface area (Å²) in [5.41, 5.74) is 6.32. The molecule has 0 unspecified atom stereocenters. The van der Waals surface area contributed by atoms with Crippen LogP contribution in [0.1, 0.15) is 4.88 Å². The molecular formula is C13H11FN4S. The number of nitrogens with one attached hydrogen (secondary N) is 1. The first kappa shape index (κ1) is 11.9. The van der Waals surface area contributed by atoms with Crippen molar-refractivity contribution in [2.75, 3.05) is 11.1 Å². The van der Waals surface area contributed by atoms with Crippen LogP contribution in [0.5, 0.6) is 0 Å². The van der Waals surface area contributed by atoms with Gasteiger partial charge in [-0.1, -0.05) is 6.07 Å². The highest BCUT2D eigenvalue weighted by Crippen LogP contribution is 2.30. The number of halogens is 1. The molecule has 0 amide bonds. The van der Waals surface area contributed by atoms with Gasteiger partial charge in [0, 0.05) is 10.6 Å². The number of rotatable bonds is 2. The van der Waals surface area contributed by atoms with E-state index in [-0.39, 0.29) is 11.8 Å². The number of hydrogen-bond acceptors (Lipinski definition) is 5. The number of benzene rings is 1. The fraction of sp³-hybridized carbons (Fsp3) is 0.0769. The number of anilines is 3. The molecule has 19 heavy (non-hydrogen) atoms. The minimum atomic E-state index is -0.301. The molecule has 0 aliphatic rings. The Hall–Kier alpha value is -2.21. The maximum atomic E-state index is 13.2. The highest BCUT2D eigenvalue weighted by Gasteiger charge is 2.09. The summed E-state index contributed by atoms with van der Waals surface area (Å²) in [5, 5.41) is 3.97. The zero-order chi connectivity index (χ0) is 13.4. The van der Waals surface area contributed by atoms with Crippen LogP contribution < -0.4 is 11.1 Å². The van der Waals surface area contributed by atoms with Crippen molar-refractivity contribution in [3.05, 3.63) is 41.0 Å². The Morgan fingerprint density at radius 3 is 2.89 bits per heavy atom. The Kier molecular flexibility index (Phi) is 2.79. The molecule has 3 N–H and O–H groups in total. The van der Waals surface area contributed by atoms with Gasteiger partial charge in [-0.05, 0) is 31.2 Å². The van der Waals surface area contributed by atoms with Crippen LogP contribution in [-0.2, 0) is 0 Å². The molecule has 0 saturated carbocycles. The van der Waals surface area contributed by atoms with Gasteiger partial charge >= 0.3 is 0 Å². The van der Waals surface area contributed by atoms with Gasteiger partial charge in [-0.15, -0.1) is 11.3 Å². The van der Waals surface area contributed by atoms with Crippen LogP contribution in [0.2, 0.25) is 0 Å². The quantitative estimate of drug-likeness (QED) is 0.751. The van der Waals surface area contributed by atoms with Gasteiger partial charge in [-0.25, -0.2) is 9.37 Å². The van der Waals surface area contributed by atoms with Crippen molar-refractivity contribution in [3.63, 3.8) is 0 Å². The van der Waals surface area contributed by atoms with E-state index in [4.69, 9.17) is 5.73 Å². The summed E-state index contributed by atoms with van der Waals surface area (Å²) in [4.78, 5) is 10.3. The standard InChI is InChI=1S/C13H11FN4S/c1-7-5-10-11(17-13(15)18-12(10)19-7)16-9-4-2-3-8(14)6-9/h2-6H,1H3,(H3,15,16,17,18). The van der Waals surface area contributed by atoms with Gasteiger partial charge in [-0.3, -0.25) is 0 Å². The fourth-order valence-corrected chi connectivity index (χ4v) is 2.74. The third kappa shape index (κ3) is 2.34. The van der Waals surface area contributed by atoms with Crippen molar-refractivity contribution in [1.82, 2.24) is 9.97 Å². The third-order valence-electron chi connectivity index (χ3n) is 2.62. The van der Waals surface area contributed by atoms with E-state index in [0.717, 1.165) is 15.1 Å². The summed E-state index contributed by atoms with van der Waals surface area (Å²) >= 11 is 1.55. The second-order valence-corrected chi connectivity index (χ2v) is 5.38. The van der Waals surface area contributed by atoms with E-state index in [1.807, 2.05) is 13.0 Å². The molecule has 0 spiro atoms. The second-order valence-electron chi connectivity index (χ2n) is 4.14. The van der Waals surface area contributed by atoms with Crippen molar-refractivity contribution in [3.8, 4) is 0 Å². The molecular weight excluding hydrogens is 263 g/mol. The Bertz CT molecular complexity index is 753. The second kappa shape index (κ2) is 4.47. The average Bonchev–Trinajstić information content (AvgIpc) is 2.69. The monoisotopic (exact) mass is 274 g/mol. The number of thiophene rings is 1. The van der Waals surface area contributed by atoms with Crippen molar-refractivity contribution in [1.29, 1.82) is 0 Å². The molecule has 0 aliphatic heterocycles. The first-order valence-corrected chi connectivity index (χ1v) is 6.50. The van der Waals surface area contributed by atoms with Crippen molar-refractivity contribution < 1.29 is 4.39 Å². The smallest absolute Gasteiger partial charge is 0.223 e. The Labute approximate surface area is 113 Å². The van der Waals surface area contributed by atoms with E-state index in [9.17, 15) is 4.39 Å². The first-order valence-electron chi connectivity index (χ1n) is 5.68. The molecule has 0 radical (unpaired) electrons. The van der Waals surface area contributed by atoms with Gasteiger partial charge in [0.15, 0.2) is 0 Å². The van der Waals surface area contributed by atoms with Crippen LogP contribution in [-0.4, -0.2) is 9.97 Å². The third-order valence-corrected chi connectivity index (χ3v) is 3.56. The van der Waals surface area contributed by atoms with Crippen molar-refractivity contribution >= 4 is 39.0 Å². The van der Waals surface area contributed by atoms with Gasteiger partial charge in [0.1, 0.15) is 16.5 Å². The molecule has 3 aromatic rings. The lowest BCUT2D eigenvalue weighted by atomic mass is 10.3. The first-order chi connectivity index (χ1) is 9.11. The molecule has 0 atom stereocenters. The molecule has 0 saturated heterocycles. The van der Waals surface area contributed by atoms with Crippen molar-refractivity contribution in [2.24, 2.45) is 0 Å². The summed E-state index contributed by atoms with van der Waals surface area (Å²) in [5.74, 6) is 0.496. The number of nitrogens with zero attached hydrogens (tertiary/aromatic N) is 2. The van der Waals surface area contributed by atoms with Gasteiger partial charge in [0.25, 0.3) is 0 Å². The van der Waals surface area contributed by atoms with Crippen LogP contribution in [0.3, 0.4) is 0 Å². The number of aromatic nitrogens is 2. The highest BCUT2D eigenvalue weighted by atomic mass is 32.1. The summed E-state index contributed by atoms with van der Waals surface area (Å²) < 4.78 is 13.2. The predicted molar refractivity (Wildman–Crippen MR) is 76.2 cm³/mol. The maximum Gasteiger partial charge on any atom is 0.223 e. The lowest BCUT2D eigenvalue weighted by Crippen LogP contribution is -2.00. The zero-order valence-corrected chi connectivity index (χ0v) is 11.0. The SMILES string of the molecule is Cc1cc2c(Nc3cccc(F)c3)nc(N)nc2s1. The van der Waals surface area contributed by atoms with E-state index in [1.54, 1.807) is 23.5 Å². The molecule has 0 fully saturated rings. The summed E-state index contributed by atoms with van der Waals surface area (Å²) in [6.45, 7) is 1.99. The topological polar surface area (TPSA) is 63.8 Å². The Balaban J connectivity index is 2.09. The Morgan fingerprint density at radius 2 is 2.11 bits per heavy atom. The van der Waals surface area contributed by atoms with Crippen LogP contribution in [0.25, 0.3) is 10.2 Å². The average molecular weight is 274 g/mol. The molecule has 0 aliphatic carbocycles. The largest absolute Gasteiger partial charge is 0.368 e. The number of hydrogen-bond donors (Lipinski definition) is 2. The number of nitrogen functional groups attached to an aromatic ring is 1. The van der Waals surface area contributed by atoms with Gasteiger partial charge < -0.3 is 11.1 Å². The van der Waals surface area contributed by atoms with Crippen molar-refractivity contribution in [2.45, 2.75) is 6.92 Å². The van der Waals surface area contributed by atoms with E-state index in [0.29, 0.717) is 11.5 Å². The molecule has 0 bridgehead atoms. The van der Waals surface area contributed by atoms with Gasteiger partial charge in [0.2, 0.25) is 5.95 Å². The van der Waals surface area contributed by atoms with E-state index >= 15 is 0 Å². The minimum absolute atomic E-state index is 0.202. The molecule has 2 aromatic heterocycles. The molecule has 1 aromatic carbocycles. The number of fused-ring (bicyclic) bond motifs is 1. The summed E-state index contributed by atoms with van der Waals surface area (Å²) in [6, 6.07) is 8.19. The van der Waals surface area contributed by atoms with Crippen LogP contribution in [0.15, 0.2) is 30.3 Å². The van der Waals surface area contributed by atoms with Crippen LogP contribution in [0, 0.1) is 12.7 Å². The fourth-order valence-electron chi connectivity index (χ4n) is 1.86. The molecule has 2 heterocycles. The highest BCUT2D eigenvalue weighted by molar-refractivity contribution is 7.18. The minimum Gasteiger partial charge on any atom is -0.368 e. The van der Waals surface area contributed by atoms with Crippen LogP contribution in [0.4, 0.5) is 21.8 Å². The summed E-state index contributed by atoms with van der Waals surface area (Å²) in [7, 11) is 0. The van der Waals surface area contributed by atoms with E-state index in [2.05, 4.69) is 15.3 Å². The van der Waals surface area contributed by atoms with Crippen LogP contribution >= 0.6 is 11.3 Å². The number of aryl methyl sites for hydroxylation is 1. The molecule has 96 valence electrons. The zero-order valence-electron chi connectivity index (χ0n) is 10.1. The predicted octanol–water partition coefficient (Wildman–Crippen LogP) is 3.46. The maximum absolute atomic E-state index is 13.2. The molecule has 6 heteroatoms. The van der Waals surface area contributed by atoms with Gasteiger partial charge in [0.05, 0.1) is 5.39 Å². The lowest BCUT2D eigenvalue weighted by molar-refractivity contribution is 0.628. The molecule has 3 rings (SSSR count).